The Morgan fingerprint density at radius 1 is 1.27 bits per heavy atom. The number of halogens is 2. The van der Waals surface area contributed by atoms with Gasteiger partial charge in [0, 0.05) is 19.5 Å². The van der Waals surface area contributed by atoms with Crippen LogP contribution in [-0.2, 0) is 27.6 Å². The third kappa shape index (κ3) is 5.84. The quantitative estimate of drug-likeness (QED) is 0.241. The lowest BCUT2D eigenvalue weighted by Gasteiger charge is -2.25. The highest BCUT2D eigenvalue weighted by atomic mass is 79.9. The summed E-state index contributed by atoms with van der Waals surface area (Å²) in [6.45, 7) is 1.60. The number of benzene rings is 1. The van der Waals surface area contributed by atoms with E-state index < -0.39 is 15.8 Å². The van der Waals surface area contributed by atoms with Crippen molar-refractivity contribution in [3.05, 3.63) is 45.4 Å². The number of aromatic nitrogens is 2. The van der Waals surface area contributed by atoms with Crippen molar-refractivity contribution in [2.75, 3.05) is 32.1 Å². The van der Waals surface area contributed by atoms with E-state index in [-0.39, 0.29) is 17.9 Å². The van der Waals surface area contributed by atoms with Gasteiger partial charge in [-0.25, -0.2) is 17.4 Å². The summed E-state index contributed by atoms with van der Waals surface area (Å²) in [4.78, 5) is 0. The molecule has 1 aliphatic rings. The van der Waals surface area contributed by atoms with Crippen LogP contribution in [0.1, 0.15) is 29.8 Å². The summed E-state index contributed by atoms with van der Waals surface area (Å²) in [6.07, 6.45) is 1.61. The molecule has 0 spiro atoms. The molecule has 0 radical (unpaired) electrons. The number of aryl methyl sites for hydroxylation is 1. The van der Waals surface area contributed by atoms with Crippen molar-refractivity contribution in [2.24, 2.45) is 5.16 Å². The van der Waals surface area contributed by atoms with Crippen molar-refractivity contribution in [2.45, 2.75) is 25.7 Å². The predicted molar refractivity (Wildman–Crippen MR) is 110 cm³/mol. The topological polar surface area (TPSA) is 118 Å². The molecule has 1 saturated heterocycles. The summed E-state index contributed by atoms with van der Waals surface area (Å²) in [5.74, 6) is -0.352. The van der Waals surface area contributed by atoms with Gasteiger partial charge in [-0.3, -0.25) is 0 Å². The average molecular weight is 505 g/mol. The van der Waals surface area contributed by atoms with Crippen molar-refractivity contribution in [1.82, 2.24) is 14.6 Å². The van der Waals surface area contributed by atoms with Crippen LogP contribution in [0.25, 0.3) is 0 Å². The van der Waals surface area contributed by atoms with Crippen molar-refractivity contribution < 1.29 is 27.4 Å². The minimum Gasteiger partial charge on any atom is -0.411 e. The molecule has 0 amide bonds. The molecule has 0 bridgehead atoms. The van der Waals surface area contributed by atoms with Crippen LogP contribution in [-0.4, -0.2) is 66.0 Å². The number of nitrogens with zero attached hydrogens (tertiary/aromatic N) is 4. The van der Waals surface area contributed by atoms with E-state index in [0.29, 0.717) is 67.0 Å². The Morgan fingerprint density at radius 3 is 2.73 bits per heavy atom. The average Bonchev–Trinajstić information content (AvgIpc) is 3.21. The largest absolute Gasteiger partial charge is 0.411 e. The molecule has 0 atom stereocenters. The Kier molecular flexibility index (Phi) is 7.92. The fourth-order valence-electron chi connectivity index (χ4n) is 3.13. The number of sulfonamides is 1. The van der Waals surface area contributed by atoms with Crippen molar-refractivity contribution in [1.29, 1.82) is 0 Å². The summed E-state index contributed by atoms with van der Waals surface area (Å²) in [6, 6.07) is 4.48. The molecule has 0 saturated carbocycles. The Balaban J connectivity index is 1.57. The first-order chi connectivity index (χ1) is 14.4. The van der Waals surface area contributed by atoms with E-state index in [0.717, 1.165) is 0 Å². The van der Waals surface area contributed by atoms with E-state index in [1.165, 1.54) is 10.4 Å². The minimum atomic E-state index is -3.31. The molecule has 1 aromatic heterocycles. The van der Waals surface area contributed by atoms with Crippen LogP contribution in [0.3, 0.4) is 0 Å². The monoisotopic (exact) mass is 504 g/mol. The molecule has 0 aliphatic carbocycles. The fraction of sp³-hybridized carbons (Fsp3) is 0.500. The van der Waals surface area contributed by atoms with Crippen LogP contribution in [0, 0.1) is 5.82 Å². The summed E-state index contributed by atoms with van der Waals surface area (Å²) < 4.78 is 49.9. The van der Waals surface area contributed by atoms with E-state index in [9.17, 15) is 18.0 Å². The van der Waals surface area contributed by atoms with Gasteiger partial charge in [-0.2, -0.15) is 4.31 Å². The summed E-state index contributed by atoms with van der Waals surface area (Å²) in [5, 5.41) is 20.4. The lowest BCUT2D eigenvalue weighted by molar-refractivity contribution is 0.0730. The van der Waals surface area contributed by atoms with Gasteiger partial charge in [0.15, 0.2) is 5.69 Å². The number of hydrogen-bond acceptors (Lipinski definition) is 8. The fourth-order valence-corrected chi connectivity index (χ4v) is 5.09. The minimum absolute atomic E-state index is 0.0398. The molecule has 1 N–H and O–H groups in total. The van der Waals surface area contributed by atoms with Gasteiger partial charge >= 0.3 is 0 Å². The van der Waals surface area contributed by atoms with Gasteiger partial charge < -0.3 is 9.94 Å². The van der Waals surface area contributed by atoms with E-state index in [1.807, 2.05) is 0 Å². The number of hydrogen-bond donors (Lipinski definition) is 1. The molecule has 1 aromatic carbocycles. The zero-order chi connectivity index (χ0) is 21.6. The normalized spacial score (nSPS) is 16.1. The van der Waals surface area contributed by atoms with E-state index in [1.54, 1.807) is 12.1 Å². The maximum Gasteiger partial charge on any atom is 0.214 e. The van der Waals surface area contributed by atoms with Gasteiger partial charge in [-0.15, -0.1) is 0 Å². The first kappa shape index (κ1) is 22.8. The third-order valence-electron chi connectivity index (χ3n) is 4.74. The lowest BCUT2D eigenvalue weighted by atomic mass is 10.0. The van der Waals surface area contributed by atoms with Crippen molar-refractivity contribution in [3.8, 4) is 0 Å². The molecule has 0 unspecified atom stereocenters. The molecule has 1 aliphatic heterocycles. The zero-order valence-corrected chi connectivity index (χ0v) is 18.5. The number of unbranched alkanes of at least 4 members (excludes halogenated alkanes) is 1. The molecule has 3 rings (SSSR count). The molecule has 9 nitrogen and oxygen atoms in total. The zero-order valence-electron chi connectivity index (χ0n) is 16.1. The highest BCUT2D eigenvalue weighted by molar-refractivity contribution is 9.10. The van der Waals surface area contributed by atoms with Gasteiger partial charge in [-0.1, -0.05) is 16.4 Å². The van der Waals surface area contributed by atoms with Crippen LogP contribution in [0.15, 0.2) is 32.5 Å². The number of morpholine rings is 1. The lowest BCUT2D eigenvalue weighted by Crippen LogP contribution is -2.41. The Labute approximate surface area is 182 Å². The van der Waals surface area contributed by atoms with Crippen LogP contribution in [0.2, 0.25) is 0 Å². The second-order valence-corrected chi connectivity index (χ2v) is 9.76. The predicted octanol–water partition coefficient (Wildman–Crippen LogP) is 2.38. The van der Waals surface area contributed by atoms with Crippen molar-refractivity contribution >= 4 is 31.7 Å². The summed E-state index contributed by atoms with van der Waals surface area (Å²) >= 11 is 3.12. The molecule has 164 valence electrons. The summed E-state index contributed by atoms with van der Waals surface area (Å²) in [7, 11) is -3.31. The first-order valence-electron chi connectivity index (χ1n) is 9.43. The van der Waals surface area contributed by atoms with Gasteiger partial charge in [0.05, 0.1) is 23.4 Å². The molecule has 12 heteroatoms. The van der Waals surface area contributed by atoms with E-state index in [2.05, 4.69) is 31.4 Å². The van der Waals surface area contributed by atoms with Gasteiger partial charge in [0.1, 0.15) is 17.2 Å². The summed E-state index contributed by atoms with van der Waals surface area (Å²) in [5.41, 5.74) is 1.72. The van der Waals surface area contributed by atoms with Crippen molar-refractivity contribution in [3.63, 3.8) is 0 Å². The van der Waals surface area contributed by atoms with Crippen LogP contribution < -0.4 is 0 Å². The van der Waals surface area contributed by atoms with Crippen LogP contribution in [0.4, 0.5) is 4.39 Å². The Morgan fingerprint density at radius 2 is 2.03 bits per heavy atom. The first-order valence-corrected chi connectivity index (χ1v) is 11.8. The smallest absolute Gasteiger partial charge is 0.214 e. The highest BCUT2D eigenvalue weighted by Crippen LogP contribution is 2.19. The molecule has 30 heavy (non-hydrogen) atoms. The van der Waals surface area contributed by atoms with Crippen LogP contribution >= 0.6 is 15.9 Å². The maximum atomic E-state index is 13.4. The van der Waals surface area contributed by atoms with Gasteiger partial charge in [0.2, 0.25) is 10.0 Å². The Bertz CT molecular complexity index is 992. The van der Waals surface area contributed by atoms with E-state index in [4.69, 9.17) is 9.37 Å². The molecular formula is C18H22BrFN4O5S. The SMILES string of the molecule is O=S(=O)(CCCCc1nonc1/C(Cc1ccc(F)c(Br)c1)=N/O)N1CCOCC1. The second-order valence-electron chi connectivity index (χ2n) is 6.82. The third-order valence-corrected chi connectivity index (χ3v) is 7.30. The Hall–Kier alpha value is -1.89. The molecule has 1 fully saturated rings. The molecule has 2 aromatic rings. The molecule has 2 heterocycles. The number of oxime groups is 1. The van der Waals surface area contributed by atoms with Gasteiger partial charge in [0.25, 0.3) is 0 Å². The highest BCUT2D eigenvalue weighted by Gasteiger charge is 2.24. The maximum absolute atomic E-state index is 13.4. The van der Waals surface area contributed by atoms with Crippen LogP contribution in [0.5, 0.6) is 0 Å². The standard InChI is InChI=1S/C18H22BrFN4O5S/c19-14-11-13(4-5-15(14)20)12-17(21-25)18-16(22-29-23-18)3-1-2-10-30(26,27)24-6-8-28-9-7-24/h4-5,11,25H,1-3,6-10,12H2/b21-17+. The molecular weight excluding hydrogens is 483 g/mol. The second kappa shape index (κ2) is 10.4. The number of ether oxygens (including phenoxy) is 1. The van der Waals surface area contributed by atoms with E-state index >= 15 is 0 Å². The number of rotatable bonds is 9. The van der Waals surface area contributed by atoms with Gasteiger partial charge in [-0.05, 0) is 58.0 Å².